The van der Waals surface area contributed by atoms with E-state index < -0.39 is 0 Å². The van der Waals surface area contributed by atoms with Gasteiger partial charge in [-0.15, -0.1) is 11.3 Å². The molecule has 2 aliphatic rings. The van der Waals surface area contributed by atoms with E-state index in [4.69, 9.17) is 4.98 Å². The molecule has 0 saturated carbocycles. The number of amides is 1. The molecule has 0 spiro atoms. The molecule has 0 unspecified atom stereocenters. The van der Waals surface area contributed by atoms with Gasteiger partial charge >= 0.3 is 0 Å². The van der Waals surface area contributed by atoms with Crippen molar-refractivity contribution in [2.45, 2.75) is 39.7 Å². The lowest BCUT2D eigenvalue weighted by atomic mass is 10.0. The third-order valence-corrected chi connectivity index (χ3v) is 6.77. The van der Waals surface area contributed by atoms with Gasteiger partial charge in [0, 0.05) is 43.7 Å². The number of anilines is 1. The van der Waals surface area contributed by atoms with Crippen LogP contribution in [0.3, 0.4) is 0 Å². The highest BCUT2D eigenvalue weighted by Gasteiger charge is 2.24. The fourth-order valence-corrected chi connectivity index (χ4v) is 5.06. The smallest absolute Gasteiger partial charge is 0.254 e. The van der Waals surface area contributed by atoms with Crippen LogP contribution in [0.5, 0.6) is 0 Å². The molecule has 4 rings (SSSR count). The lowest BCUT2D eigenvalue weighted by Crippen LogP contribution is -2.49. The van der Waals surface area contributed by atoms with Gasteiger partial charge in [0.15, 0.2) is 5.13 Å². The highest BCUT2D eigenvalue weighted by molar-refractivity contribution is 7.13. The van der Waals surface area contributed by atoms with E-state index in [2.05, 4.69) is 28.2 Å². The van der Waals surface area contributed by atoms with Crippen LogP contribution in [0.25, 0.3) is 0 Å². The maximum Gasteiger partial charge on any atom is 0.254 e. The quantitative estimate of drug-likeness (QED) is 0.787. The first-order valence-electron chi connectivity index (χ1n) is 10.4. The van der Waals surface area contributed by atoms with Gasteiger partial charge in [-0.1, -0.05) is 24.1 Å². The second-order valence-corrected chi connectivity index (χ2v) is 8.89. The molecule has 2 fully saturated rings. The zero-order valence-corrected chi connectivity index (χ0v) is 17.8. The summed E-state index contributed by atoms with van der Waals surface area (Å²) in [5.41, 5.74) is 4.28. The zero-order chi connectivity index (χ0) is 19.5. The summed E-state index contributed by atoms with van der Waals surface area (Å²) in [4.78, 5) is 24.6. The molecule has 6 heteroatoms. The number of likely N-dealkylation sites (tertiary alicyclic amines) is 1. The molecular formula is C22H30N4OS. The predicted octanol–water partition coefficient (Wildman–Crippen LogP) is 3.71. The lowest BCUT2D eigenvalue weighted by molar-refractivity contribution is 0.0746. The van der Waals surface area contributed by atoms with E-state index in [1.165, 1.54) is 43.6 Å². The number of piperidine rings is 1. The molecule has 3 heterocycles. The molecule has 2 aromatic rings. The Morgan fingerprint density at radius 3 is 2.50 bits per heavy atom. The summed E-state index contributed by atoms with van der Waals surface area (Å²) >= 11 is 1.74. The Bertz CT molecular complexity index is 820. The fraction of sp³-hybridized carbons (Fsp3) is 0.545. The number of carbonyl (C=O) groups is 1. The number of hydrogen-bond acceptors (Lipinski definition) is 5. The monoisotopic (exact) mass is 398 g/mol. The van der Waals surface area contributed by atoms with Gasteiger partial charge in [0.05, 0.1) is 5.69 Å². The molecule has 0 radical (unpaired) electrons. The molecule has 1 aromatic heterocycles. The summed E-state index contributed by atoms with van der Waals surface area (Å²) < 4.78 is 0. The number of aryl methyl sites for hydroxylation is 2. The number of rotatable bonds is 4. The minimum Gasteiger partial charge on any atom is -0.345 e. The van der Waals surface area contributed by atoms with Gasteiger partial charge in [-0.25, -0.2) is 4.98 Å². The van der Waals surface area contributed by atoms with Crippen LogP contribution in [0.1, 0.15) is 46.4 Å². The molecule has 0 bridgehead atoms. The maximum absolute atomic E-state index is 12.9. The van der Waals surface area contributed by atoms with E-state index in [-0.39, 0.29) is 5.91 Å². The molecule has 1 aromatic carbocycles. The molecule has 150 valence electrons. The summed E-state index contributed by atoms with van der Waals surface area (Å²) in [7, 11) is 0. The molecule has 2 saturated heterocycles. The average Bonchev–Trinajstić information content (AvgIpc) is 3.17. The highest BCUT2D eigenvalue weighted by atomic mass is 32.1. The van der Waals surface area contributed by atoms with Gasteiger partial charge in [-0.3, -0.25) is 9.69 Å². The largest absolute Gasteiger partial charge is 0.345 e. The van der Waals surface area contributed by atoms with Crippen LogP contribution in [-0.2, 0) is 6.54 Å². The Labute approximate surface area is 172 Å². The van der Waals surface area contributed by atoms with Crippen molar-refractivity contribution in [2.75, 3.05) is 44.2 Å². The van der Waals surface area contributed by atoms with Crippen LogP contribution < -0.4 is 4.90 Å². The van der Waals surface area contributed by atoms with Crippen LogP contribution in [0.15, 0.2) is 23.6 Å². The number of aromatic nitrogens is 1. The minimum atomic E-state index is 0.155. The van der Waals surface area contributed by atoms with Crippen LogP contribution in [-0.4, -0.2) is 60.0 Å². The van der Waals surface area contributed by atoms with Crippen LogP contribution >= 0.6 is 11.3 Å². The van der Waals surface area contributed by atoms with Crippen molar-refractivity contribution in [3.8, 4) is 0 Å². The summed E-state index contributed by atoms with van der Waals surface area (Å²) in [6, 6.07) is 6.08. The first kappa shape index (κ1) is 19.4. The van der Waals surface area contributed by atoms with Crippen molar-refractivity contribution >= 4 is 22.4 Å². The van der Waals surface area contributed by atoms with Crippen LogP contribution in [0.4, 0.5) is 5.13 Å². The van der Waals surface area contributed by atoms with E-state index in [1.54, 1.807) is 11.3 Å². The zero-order valence-electron chi connectivity index (χ0n) is 17.0. The molecule has 0 N–H and O–H groups in total. The van der Waals surface area contributed by atoms with Crippen molar-refractivity contribution in [1.82, 2.24) is 14.8 Å². The van der Waals surface area contributed by atoms with Crippen molar-refractivity contribution in [2.24, 2.45) is 0 Å². The Balaban J connectivity index is 1.33. The molecule has 0 atom stereocenters. The fourth-order valence-electron chi connectivity index (χ4n) is 4.19. The Morgan fingerprint density at radius 1 is 1.04 bits per heavy atom. The van der Waals surface area contributed by atoms with Crippen molar-refractivity contribution < 1.29 is 4.79 Å². The third-order valence-electron chi connectivity index (χ3n) is 5.82. The Kier molecular flexibility index (Phi) is 5.97. The van der Waals surface area contributed by atoms with E-state index in [1.807, 2.05) is 24.0 Å². The molecular weight excluding hydrogens is 368 g/mol. The van der Waals surface area contributed by atoms with Gasteiger partial charge < -0.3 is 9.80 Å². The number of hydrogen-bond donors (Lipinski definition) is 0. The standard InChI is InChI=1S/C22H30N4OS/c1-17-6-7-20(18(2)14-17)21(27)25-10-12-26(13-11-25)22-23-19(16-28-22)15-24-8-4-3-5-9-24/h6-7,14,16H,3-5,8-13,15H2,1-2H3. The van der Waals surface area contributed by atoms with E-state index in [0.29, 0.717) is 0 Å². The topological polar surface area (TPSA) is 39.7 Å². The molecule has 1 amide bonds. The highest BCUT2D eigenvalue weighted by Crippen LogP contribution is 2.24. The number of carbonyl (C=O) groups excluding carboxylic acids is 1. The van der Waals surface area contributed by atoms with Crippen molar-refractivity contribution in [3.05, 3.63) is 46.0 Å². The summed E-state index contributed by atoms with van der Waals surface area (Å²) in [6.45, 7) is 10.7. The second-order valence-electron chi connectivity index (χ2n) is 8.06. The number of thiazole rings is 1. The number of piperazine rings is 1. The molecule has 2 aliphatic heterocycles. The van der Waals surface area contributed by atoms with Gasteiger partial charge in [-0.05, 0) is 51.4 Å². The minimum absolute atomic E-state index is 0.155. The van der Waals surface area contributed by atoms with E-state index >= 15 is 0 Å². The average molecular weight is 399 g/mol. The summed E-state index contributed by atoms with van der Waals surface area (Å²) in [6.07, 6.45) is 3.99. The van der Waals surface area contributed by atoms with Gasteiger partial charge in [-0.2, -0.15) is 0 Å². The summed E-state index contributed by atoms with van der Waals surface area (Å²) in [5.74, 6) is 0.155. The lowest BCUT2D eigenvalue weighted by Gasteiger charge is -2.35. The van der Waals surface area contributed by atoms with E-state index in [9.17, 15) is 4.79 Å². The van der Waals surface area contributed by atoms with Gasteiger partial charge in [0.2, 0.25) is 0 Å². The molecule has 28 heavy (non-hydrogen) atoms. The first-order valence-corrected chi connectivity index (χ1v) is 11.3. The maximum atomic E-state index is 12.9. The normalized spacial score (nSPS) is 18.5. The Hall–Kier alpha value is -1.92. The Morgan fingerprint density at radius 2 is 1.79 bits per heavy atom. The first-order chi connectivity index (χ1) is 13.6. The van der Waals surface area contributed by atoms with Gasteiger partial charge in [0.1, 0.15) is 0 Å². The van der Waals surface area contributed by atoms with Crippen molar-refractivity contribution in [3.63, 3.8) is 0 Å². The second kappa shape index (κ2) is 8.62. The molecule has 5 nitrogen and oxygen atoms in total. The predicted molar refractivity (Wildman–Crippen MR) is 115 cm³/mol. The SMILES string of the molecule is Cc1ccc(C(=O)N2CCN(c3nc(CN4CCCCC4)cs3)CC2)c(C)c1. The van der Waals surface area contributed by atoms with Crippen LogP contribution in [0.2, 0.25) is 0 Å². The summed E-state index contributed by atoms with van der Waals surface area (Å²) in [5, 5.41) is 3.31. The van der Waals surface area contributed by atoms with Gasteiger partial charge in [0.25, 0.3) is 5.91 Å². The van der Waals surface area contributed by atoms with Crippen molar-refractivity contribution in [1.29, 1.82) is 0 Å². The number of benzene rings is 1. The van der Waals surface area contributed by atoms with Crippen LogP contribution in [0, 0.1) is 13.8 Å². The van der Waals surface area contributed by atoms with E-state index in [0.717, 1.165) is 49.0 Å². The number of nitrogens with zero attached hydrogens (tertiary/aromatic N) is 4. The molecule has 0 aliphatic carbocycles. The third kappa shape index (κ3) is 4.39.